The molecule has 0 aromatic heterocycles. The first kappa shape index (κ1) is 17.7. The number of anilines is 1. The number of amides is 2. The minimum absolute atomic E-state index is 0.00760. The summed E-state index contributed by atoms with van der Waals surface area (Å²) >= 11 is 0. The molecule has 0 saturated carbocycles. The van der Waals surface area contributed by atoms with Crippen LogP contribution >= 0.6 is 0 Å². The second-order valence-corrected chi connectivity index (χ2v) is 6.11. The van der Waals surface area contributed by atoms with Gasteiger partial charge in [0.2, 0.25) is 0 Å². The zero-order valence-electron chi connectivity index (χ0n) is 13.9. The Morgan fingerprint density at radius 2 is 1.54 bits per heavy atom. The molecule has 140 valence electrons. The highest BCUT2D eigenvalue weighted by atomic mass is 19.4. The van der Waals surface area contributed by atoms with Gasteiger partial charge in [0.15, 0.2) is 0 Å². The summed E-state index contributed by atoms with van der Waals surface area (Å²) in [5.74, 6) is -1.69. The number of imide groups is 1. The van der Waals surface area contributed by atoms with Gasteiger partial charge in [-0.15, -0.1) is 0 Å². The highest BCUT2D eigenvalue weighted by Crippen LogP contribution is 2.38. The van der Waals surface area contributed by atoms with Gasteiger partial charge in [0, 0.05) is 22.6 Å². The number of alkyl halides is 3. The van der Waals surface area contributed by atoms with Crippen LogP contribution in [0.4, 0.5) is 24.5 Å². The van der Waals surface area contributed by atoms with Crippen molar-refractivity contribution in [1.29, 1.82) is 0 Å². The third-order valence-corrected chi connectivity index (χ3v) is 4.51. The molecule has 1 aliphatic heterocycles. The number of non-ortho nitro benzene ring substituents is 1. The Hall–Kier alpha value is -3.75. The molecule has 28 heavy (non-hydrogen) atoms. The Bertz CT molecular complexity index is 1170. The number of rotatable bonds is 2. The Kier molecular flexibility index (Phi) is 3.71. The quantitative estimate of drug-likeness (QED) is 0.367. The van der Waals surface area contributed by atoms with E-state index in [1.165, 1.54) is 30.3 Å². The van der Waals surface area contributed by atoms with Crippen molar-refractivity contribution >= 4 is 34.0 Å². The molecule has 3 aromatic rings. The summed E-state index contributed by atoms with van der Waals surface area (Å²) in [6.45, 7) is 0. The van der Waals surface area contributed by atoms with E-state index in [1.807, 2.05) is 0 Å². The van der Waals surface area contributed by atoms with Gasteiger partial charge in [-0.25, -0.2) is 4.90 Å². The highest BCUT2D eigenvalue weighted by Gasteiger charge is 2.37. The minimum atomic E-state index is -4.64. The fraction of sp³-hybridized carbons (Fsp3) is 0.0526. The number of carbonyl (C=O) groups excluding carboxylic acids is 2. The molecular weight excluding hydrogens is 377 g/mol. The number of halogens is 3. The summed E-state index contributed by atoms with van der Waals surface area (Å²) < 4.78 is 39.1. The lowest BCUT2D eigenvalue weighted by atomic mass is 9.92. The number of hydrogen-bond donors (Lipinski definition) is 0. The highest BCUT2D eigenvalue weighted by molar-refractivity contribution is 6.36. The van der Waals surface area contributed by atoms with Crippen molar-refractivity contribution in [3.05, 3.63) is 81.4 Å². The summed E-state index contributed by atoms with van der Waals surface area (Å²) in [4.78, 5) is 37.1. The third kappa shape index (κ3) is 2.51. The van der Waals surface area contributed by atoms with Crippen LogP contribution in [-0.2, 0) is 6.18 Å². The Morgan fingerprint density at radius 1 is 0.893 bits per heavy atom. The van der Waals surface area contributed by atoms with Gasteiger partial charge in [0.05, 0.1) is 21.6 Å². The van der Waals surface area contributed by atoms with Crippen LogP contribution in [0.25, 0.3) is 10.8 Å². The normalized spacial score (nSPS) is 13.9. The topological polar surface area (TPSA) is 80.5 Å². The largest absolute Gasteiger partial charge is 0.416 e. The molecule has 9 heteroatoms. The van der Waals surface area contributed by atoms with Crippen molar-refractivity contribution in [3.8, 4) is 0 Å². The van der Waals surface area contributed by atoms with E-state index in [0.717, 1.165) is 18.2 Å². The fourth-order valence-corrected chi connectivity index (χ4v) is 3.30. The van der Waals surface area contributed by atoms with Crippen LogP contribution in [0, 0.1) is 10.1 Å². The van der Waals surface area contributed by atoms with Crippen LogP contribution in [0.3, 0.4) is 0 Å². The first-order chi connectivity index (χ1) is 13.2. The van der Waals surface area contributed by atoms with Gasteiger partial charge in [-0.1, -0.05) is 12.1 Å². The Balaban J connectivity index is 1.94. The number of nitro benzene ring substituents is 1. The van der Waals surface area contributed by atoms with Gasteiger partial charge in [0.25, 0.3) is 17.5 Å². The zero-order chi connectivity index (χ0) is 20.2. The van der Waals surface area contributed by atoms with E-state index >= 15 is 0 Å². The van der Waals surface area contributed by atoms with Crippen molar-refractivity contribution in [2.24, 2.45) is 0 Å². The van der Waals surface area contributed by atoms with Gasteiger partial charge in [0.1, 0.15) is 0 Å². The first-order valence-electron chi connectivity index (χ1n) is 7.96. The maximum atomic E-state index is 13.0. The van der Waals surface area contributed by atoms with Crippen LogP contribution in [0.2, 0.25) is 0 Å². The lowest BCUT2D eigenvalue weighted by Gasteiger charge is -2.27. The SMILES string of the molecule is O=C1c2cccc3c([N+](=O)[O-])ccc(c23)C(=O)N1c1cccc(C(F)(F)F)c1. The van der Waals surface area contributed by atoms with Crippen molar-refractivity contribution in [2.45, 2.75) is 6.18 Å². The summed E-state index contributed by atoms with van der Waals surface area (Å²) in [5, 5.41) is 11.5. The van der Waals surface area contributed by atoms with E-state index in [0.29, 0.717) is 11.0 Å². The van der Waals surface area contributed by atoms with E-state index in [2.05, 4.69) is 0 Å². The van der Waals surface area contributed by atoms with E-state index in [1.54, 1.807) is 0 Å². The standard InChI is InChI=1S/C19H9F3N2O4/c20-19(21,22)10-3-1-4-11(9-10)23-17(25)13-6-2-5-12-15(24(27)28)8-7-14(16(12)13)18(23)26/h1-9H. The summed E-state index contributed by atoms with van der Waals surface area (Å²) in [6.07, 6.45) is -4.64. The van der Waals surface area contributed by atoms with E-state index in [-0.39, 0.29) is 33.3 Å². The first-order valence-corrected chi connectivity index (χ1v) is 7.96. The smallest absolute Gasteiger partial charge is 0.268 e. The van der Waals surface area contributed by atoms with Crippen LogP contribution in [0.15, 0.2) is 54.6 Å². The van der Waals surface area contributed by atoms with E-state index in [9.17, 15) is 32.9 Å². The number of carbonyl (C=O) groups is 2. The van der Waals surface area contributed by atoms with Gasteiger partial charge < -0.3 is 0 Å². The molecule has 1 aliphatic rings. The fourth-order valence-electron chi connectivity index (χ4n) is 3.30. The minimum Gasteiger partial charge on any atom is -0.268 e. The van der Waals surface area contributed by atoms with Crippen LogP contribution in [0.1, 0.15) is 26.3 Å². The Labute approximate surface area is 154 Å². The summed E-state index contributed by atoms with van der Waals surface area (Å²) in [7, 11) is 0. The predicted molar refractivity (Wildman–Crippen MR) is 93.2 cm³/mol. The number of nitro groups is 1. The molecule has 0 spiro atoms. The van der Waals surface area contributed by atoms with Crippen molar-refractivity contribution in [1.82, 2.24) is 0 Å². The lowest BCUT2D eigenvalue weighted by Crippen LogP contribution is -2.40. The molecule has 0 bridgehead atoms. The second kappa shape index (κ2) is 5.88. The van der Waals surface area contributed by atoms with Crippen molar-refractivity contribution < 1.29 is 27.7 Å². The average Bonchev–Trinajstić information content (AvgIpc) is 2.65. The molecule has 0 fully saturated rings. The molecule has 1 heterocycles. The van der Waals surface area contributed by atoms with Crippen molar-refractivity contribution in [3.63, 3.8) is 0 Å². The Morgan fingerprint density at radius 3 is 2.18 bits per heavy atom. The molecule has 0 unspecified atom stereocenters. The van der Waals surface area contributed by atoms with Crippen LogP contribution in [-0.4, -0.2) is 16.7 Å². The monoisotopic (exact) mass is 386 g/mol. The lowest BCUT2D eigenvalue weighted by molar-refractivity contribution is -0.383. The van der Waals surface area contributed by atoms with Crippen LogP contribution in [0.5, 0.6) is 0 Å². The van der Waals surface area contributed by atoms with Gasteiger partial charge in [-0.2, -0.15) is 13.2 Å². The number of nitrogens with zero attached hydrogens (tertiary/aromatic N) is 2. The molecule has 3 aromatic carbocycles. The summed E-state index contributed by atoms with van der Waals surface area (Å²) in [5.41, 5.74) is -1.49. The van der Waals surface area contributed by atoms with E-state index in [4.69, 9.17) is 0 Å². The molecule has 0 N–H and O–H groups in total. The van der Waals surface area contributed by atoms with Crippen molar-refractivity contribution in [2.75, 3.05) is 4.90 Å². The van der Waals surface area contributed by atoms with Gasteiger partial charge in [-0.3, -0.25) is 19.7 Å². The molecule has 0 saturated heterocycles. The third-order valence-electron chi connectivity index (χ3n) is 4.51. The molecule has 6 nitrogen and oxygen atoms in total. The van der Waals surface area contributed by atoms with E-state index < -0.39 is 28.5 Å². The molecule has 0 atom stereocenters. The predicted octanol–water partition coefficient (Wildman–Crippen LogP) is 4.57. The molecular formula is C19H9F3N2O4. The average molecular weight is 386 g/mol. The second-order valence-electron chi connectivity index (χ2n) is 6.11. The summed E-state index contributed by atoms with van der Waals surface area (Å²) in [6, 6.07) is 10.4. The number of hydrogen-bond acceptors (Lipinski definition) is 4. The molecule has 0 aliphatic carbocycles. The maximum absolute atomic E-state index is 13.0. The molecule has 2 amide bonds. The van der Waals surface area contributed by atoms with Crippen LogP contribution < -0.4 is 4.90 Å². The van der Waals surface area contributed by atoms with Gasteiger partial charge >= 0.3 is 6.18 Å². The zero-order valence-corrected chi connectivity index (χ0v) is 13.9. The molecule has 4 rings (SSSR count). The maximum Gasteiger partial charge on any atom is 0.416 e. The van der Waals surface area contributed by atoms with Gasteiger partial charge in [-0.05, 0) is 36.4 Å². The number of benzene rings is 3. The molecule has 0 radical (unpaired) electrons.